The number of nitrogens with one attached hydrogen (secondary N) is 1. The minimum Gasteiger partial charge on any atom is -0.495 e. The van der Waals surface area contributed by atoms with Crippen LogP contribution < -0.4 is 19.1 Å². The zero-order valence-electron chi connectivity index (χ0n) is 17.6. The van der Waals surface area contributed by atoms with Gasteiger partial charge in [0.15, 0.2) is 0 Å². The molecular formula is C23H23ClN2O5S. The van der Waals surface area contributed by atoms with Gasteiger partial charge in [-0.15, -0.1) is 0 Å². The van der Waals surface area contributed by atoms with E-state index in [1.54, 1.807) is 61.5 Å². The van der Waals surface area contributed by atoms with Crippen LogP contribution in [0, 0.1) is 0 Å². The third kappa shape index (κ3) is 5.33. The van der Waals surface area contributed by atoms with Crippen LogP contribution >= 0.6 is 11.6 Å². The summed E-state index contributed by atoms with van der Waals surface area (Å²) in [5.74, 6) is 0.175. The van der Waals surface area contributed by atoms with Gasteiger partial charge in [-0.05, 0) is 49.4 Å². The highest BCUT2D eigenvalue weighted by atomic mass is 35.5. The van der Waals surface area contributed by atoms with Gasteiger partial charge in [-0.25, -0.2) is 8.42 Å². The molecule has 1 N–H and O–H groups in total. The van der Waals surface area contributed by atoms with Crippen molar-refractivity contribution in [2.75, 3.05) is 29.9 Å². The normalized spacial score (nSPS) is 11.0. The molecule has 0 fully saturated rings. The summed E-state index contributed by atoms with van der Waals surface area (Å²) < 4.78 is 38.9. The number of hydrogen-bond donors (Lipinski definition) is 1. The summed E-state index contributed by atoms with van der Waals surface area (Å²) in [5.41, 5.74) is 0.589. The van der Waals surface area contributed by atoms with Gasteiger partial charge in [0.2, 0.25) is 5.91 Å². The predicted molar refractivity (Wildman–Crippen MR) is 125 cm³/mol. The van der Waals surface area contributed by atoms with E-state index in [-0.39, 0.29) is 10.6 Å². The maximum Gasteiger partial charge on any atom is 0.264 e. The van der Waals surface area contributed by atoms with Crippen molar-refractivity contribution in [1.29, 1.82) is 0 Å². The molecule has 3 aromatic carbocycles. The van der Waals surface area contributed by atoms with Crippen molar-refractivity contribution in [3.8, 4) is 11.5 Å². The van der Waals surface area contributed by atoms with Crippen molar-refractivity contribution < 1.29 is 22.7 Å². The molecule has 0 aromatic heterocycles. The van der Waals surface area contributed by atoms with E-state index < -0.39 is 22.5 Å². The van der Waals surface area contributed by atoms with E-state index in [9.17, 15) is 13.2 Å². The lowest BCUT2D eigenvalue weighted by Gasteiger charge is -2.26. The zero-order chi connectivity index (χ0) is 23.1. The minimum atomic E-state index is -4.07. The van der Waals surface area contributed by atoms with E-state index >= 15 is 0 Å². The number of ether oxygens (including phenoxy) is 2. The fourth-order valence-corrected chi connectivity index (χ4v) is 4.68. The van der Waals surface area contributed by atoms with E-state index in [2.05, 4.69) is 5.32 Å². The van der Waals surface area contributed by atoms with Crippen LogP contribution in [0.1, 0.15) is 6.92 Å². The molecule has 3 rings (SSSR count). The second kappa shape index (κ2) is 10.4. The highest BCUT2D eigenvalue weighted by Gasteiger charge is 2.29. The number of benzene rings is 3. The Labute approximate surface area is 192 Å². The largest absolute Gasteiger partial charge is 0.495 e. The van der Waals surface area contributed by atoms with Gasteiger partial charge in [0.05, 0.1) is 30.0 Å². The lowest BCUT2D eigenvalue weighted by molar-refractivity contribution is -0.114. The first-order chi connectivity index (χ1) is 15.4. The number of amides is 1. The summed E-state index contributed by atoms with van der Waals surface area (Å²) in [5, 5.41) is 3.08. The zero-order valence-corrected chi connectivity index (χ0v) is 19.2. The number of methoxy groups -OCH3 is 1. The van der Waals surface area contributed by atoms with Crippen molar-refractivity contribution in [2.45, 2.75) is 11.8 Å². The van der Waals surface area contributed by atoms with Crippen LogP contribution in [0.4, 0.5) is 11.4 Å². The highest BCUT2D eigenvalue weighted by Crippen LogP contribution is 2.33. The molecule has 1 amide bonds. The highest BCUT2D eigenvalue weighted by molar-refractivity contribution is 7.92. The van der Waals surface area contributed by atoms with Crippen LogP contribution in [0.15, 0.2) is 77.7 Å². The predicted octanol–water partition coefficient (Wildman–Crippen LogP) is 4.58. The lowest BCUT2D eigenvalue weighted by atomic mass is 10.2. The first kappa shape index (κ1) is 23.4. The summed E-state index contributed by atoms with van der Waals surface area (Å²) in [4.78, 5) is 13.0. The van der Waals surface area contributed by atoms with Gasteiger partial charge in [0, 0.05) is 5.02 Å². The fraction of sp³-hybridized carbons (Fsp3) is 0.174. The summed E-state index contributed by atoms with van der Waals surface area (Å²) in [7, 11) is -2.61. The van der Waals surface area contributed by atoms with Crippen molar-refractivity contribution in [2.24, 2.45) is 0 Å². The molecule has 0 aliphatic rings. The van der Waals surface area contributed by atoms with Crippen molar-refractivity contribution in [1.82, 2.24) is 0 Å². The van der Waals surface area contributed by atoms with Gasteiger partial charge in [-0.3, -0.25) is 9.10 Å². The molecule has 0 saturated carbocycles. The Balaban J connectivity index is 2.01. The second-order valence-electron chi connectivity index (χ2n) is 6.62. The smallest absolute Gasteiger partial charge is 0.264 e. The van der Waals surface area contributed by atoms with Crippen LogP contribution in [-0.2, 0) is 14.8 Å². The van der Waals surface area contributed by atoms with Crippen LogP contribution in [0.25, 0.3) is 0 Å². The third-order valence-corrected chi connectivity index (χ3v) is 6.50. The van der Waals surface area contributed by atoms with Crippen LogP contribution in [0.2, 0.25) is 5.02 Å². The summed E-state index contributed by atoms with van der Waals surface area (Å²) in [6.45, 7) is 1.64. The van der Waals surface area contributed by atoms with Crippen LogP contribution in [0.3, 0.4) is 0 Å². The Hall–Kier alpha value is -3.23. The molecule has 0 unspecified atom stereocenters. The molecule has 0 spiro atoms. The summed E-state index contributed by atoms with van der Waals surface area (Å²) in [6, 6.07) is 19.4. The number of rotatable bonds is 9. The fourth-order valence-electron chi connectivity index (χ4n) is 3.06. The number of carbonyl (C=O) groups is 1. The minimum absolute atomic E-state index is 0.0550. The molecule has 0 bridgehead atoms. The first-order valence-corrected chi connectivity index (χ1v) is 11.6. The van der Waals surface area contributed by atoms with E-state index in [1.165, 1.54) is 25.3 Å². The van der Waals surface area contributed by atoms with Gasteiger partial charge < -0.3 is 14.8 Å². The lowest BCUT2D eigenvalue weighted by Crippen LogP contribution is -2.38. The maximum atomic E-state index is 13.5. The van der Waals surface area contributed by atoms with Gasteiger partial charge in [0.25, 0.3) is 10.0 Å². The van der Waals surface area contributed by atoms with Gasteiger partial charge >= 0.3 is 0 Å². The number of sulfonamides is 1. The Morgan fingerprint density at radius 1 is 1.00 bits per heavy atom. The van der Waals surface area contributed by atoms with Crippen molar-refractivity contribution in [3.63, 3.8) is 0 Å². The summed E-state index contributed by atoms with van der Waals surface area (Å²) in [6.07, 6.45) is 0. The number of carbonyl (C=O) groups excluding carboxylic acids is 1. The topological polar surface area (TPSA) is 84.9 Å². The Morgan fingerprint density at radius 3 is 2.38 bits per heavy atom. The molecule has 0 radical (unpaired) electrons. The average Bonchev–Trinajstić information content (AvgIpc) is 2.79. The van der Waals surface area contributed by atoms with E-state index in [4.69, 9.17) is 21.1 Å². The summed E-state index contributed by atoms with van der Waals surface area (Å²) >= 11 is 6.04. The van der Waals surface area contributed by atoms with Crippen LogP contribution in [-0.4, -0.2) is 34.6 Å². The second-order valence-corrected chi connectivity index (χ2v) is 8.92. The third-order valence-electron chi connectivity index (χ3n) is 4.49. The molecule has 0 aliphatic heterocycles. The van der Waals surface area contributed by atoms with Gasteiger partial charge in [-0.1, -0.05) is 41.9 Å². The molecular weight excluding hydrogens is 452 g/mol. The molecule has 7 nitrogen and oxygen atoms in total. The SMILES string of the molecule is CCOc1ccccc1N(CC(=O)Nc1cc(Cl)ccc1OC)S(=O)(=O)c1ccccc1. The molecule has 32 heavy (non-hydrogen) atoms. The first-order valence-electron chi connectivity index (χ1n) is 9.79. The standard InChI is InChI=1S/C23H23ClN2O5S/c1-3-31-22-12-8-7-11-20(22)26(32(28,29)18-9-5-4-6-10-18)16-23(27)25-19-15-17(24)13-14-21(19)30-2/h4-15H,3,16H2,1-2H3,(H,25,27). The Bertz CT molecular complexity index is 1190. The molecule has 0 atom stereocenters. The van der Waals surface area contributed by atoms with Crippen molar-refractivity contribution >= 4 is 38.9 Å². The number of para-hydroxylation sites is 2. The van der Waals surface area contributed by atoms with E-state index in [1.807, 2.05) is 0 Å². The molecule has 3 aromatic rings. The number of anilines is 2. The maximum absolute atomic E-state index is 13.5. The number of halogens is 1. The van der Waals surface area contributed by atoms with Crippen molar-refractivity contribution in [3.05, 3.63) is 77.8 Å². The average molecular weight is 475 g/mol. The molecule has 0 aliphatic carbocycles. The molecule has 168 valence electrons. The molecule has 0 heterocycles. The molecule has 0 saturated heterocycles. The monoisotopic (exact) mass is 474 g/mol. The Morgan fingerprint density at radius 2 is 1.69 bits per heavy atom. The van der Waals surface area contributed by atoms with E-state index in [0.717, 1.165) is 4.31 Å². The van der Waals surface area contributed by atoms with E-state index in [0.29, 0.717) is 28.8 Å². The molecule has 9 heteroatoms. The quantitative estimate of drug-likeness (QED) is 0.490. The van der Waals surface area contributed by atoms with Crippen LogP contribution in [0.5, 0.6) is 11.5 Å². The number of nitrogens with zero attached hydrogens (tertiary/aromatic N) is 1. The number of hydrogen-bond acceptors (Lipinski definition) is 5. The van der Waals surface area contributed by atoms with Gasteiger partial charge in [-0.2, -0.15) is 0 Å². The van der Waals surface area contributed by atoms with Gasteiger partial charge in [0.1, 0.15) is 18.0 Å². The Kier molecular flexibility index (Phi) is 7.61.